The smallest absolute Gasteiger partial charge is 0.276 e. The first kappa shape index (κ1) is 20.6. The number of nitro benzene ring substituents is 1. The third kappa shape index (κ3) is 6.56. The fourth-order valence-corrected chi connectivity index (χ4v) is 2.22. The second-order valence-corrected chi connectivity index (χ2v) is 6.24. The molecule has 2 aromatic rings. The molecule has 0 atom stereocenters. The molecule has 0 heterocycles. The number of hydrogen-bond acceptors (Lipinski definition) is 5. The largest absolute Gasteiger partial charge is 0.484 e. The lowest BCUT2D eigenvalue weighted by atomic mass is 10.0. The predicted octanol–water partition coefficient (Wildman–Crippen LogP) is 2.96. The van der Waals surface area contributed by atoms with Gasteiger partial charge in [0, 0.05) is 18.2 Å². The number of amides is 2. The topological polar surface area (TPSA) is 111 Å². The van der Waals surface area contributed by atoms with Gasteiger partial charge in [0.1, 0.15) is 5.75 Å². The van der Waals surface area contributed by atoms with E-state index in [4.69, 9.17) is 4.74 Å². The molecule has 0 aromatic heterocycles. The Hall–Kier alpha value is -3.68. The number of nitrogens with zero attached hydrogens (tertiary/aromatic N) is 1. The number of nitro groups is 1. The van der Waals surface area contributed by atoms with Crippen LogP contribution in [0.2, 0.25) is 0 Å². The zero-order chi connectivity index (χ0) is 20.5. The van der Waals surface area contributed by atoms with E-state index in [1.807, 2.05) is 12.1 Å². The molecule has 0 aliphatic heterocycles. The molecular formula is C20H21N3O5. The highest BCUT2D eigenvalue weighted by Crippen LogP contribution is 2.18. The molecule has 0 aliphatic rings. The minimum absolute atomic E-state index is 0.0746. The first-order valence-electron chi connectivity index (χ1n) is 8.59. The first-order chi connectivity index (χ1) is 13.3. The molecule has 2 amide bonds. The van der Waals surface area contributed by atoms with Gasteiger partial charge in [0.25, 0.3) is 17.5 Å². The van der Waals surface area contributed by atoms with Gasteiger partial charge in [-0.15, -0.1) is 0 Å². The first-order valence-corrected chi connectivity index (χ1v) is 8.59. The van der Waals surface area contributed by atoms with Crippen LogP contribution in [-0.4, -0.2) is 23.3 Å². The van der Waals surface area contributed by atoms with Crippen LogP contribution in [-0.2, 0) is 9.59 Å². The Kier molecular flexibility index (Phi) is 7.27. The van der Waals surface area contributed by atoms with E-state index >= 15 is 0 Å². The van der Waals surface area contributed by atoms with Crippen LogP contribution in [0.5, 0.6) is 5.75 Å². The number of carbonyl (C=O) groups is 2. The highest BCUT2D eigenvalue weighted by molar-refractivity contribution is 5.93. The Morgan fingerprint density at radius 3 is 2.50 bits per heavy atom. The van der Waals surface area contributed by atoms with Crippen molar-refractivity contribution in [2.45, 2.75) is 19.8 Å². The Balaban J connectivity index is 1.76. The van der Waals surface area contributed by atoms with Crippen LogP contribution >= 0.6 is 0 Å². The maximum Gasteiger partial charge on any atom is 0.276 e. The van der Waals surface area contributed by atoms with Crippen molar-refractivity contribution in [2.24, 2.45) is 0 Å². The zero-order valence-electron chi connectivity index (χ0n) is 15.5. The number of carbonyl (C=O) groups excluding carboxylic acids is 2. The maximum atomic E-state index is 11.7. The lowest BCUT2D eigenvalue weighted by molar-refractivity contribution is -0.384. The summed E-state index contributed by atoms with van der Waals surface area (Å²) in [5.41, 5.74) is 6.02. The number of benzene rings is 2. The van der Waals surface area contributed by atoms with E-state index < -0.39 is 16.7 Å². The molecule has 0 radical (unpaired) electrons. The molecule has 2 rings (SSSR count). The number of ether oxygens (including phenoxy) is 1. The summed E-state index contributed by atoms with van der Waals surface area (Å²) in [6, 6.07) is 13.2. The average Bonchev–Trinajstić information content (AvgIpc) is 2.69. The molecule has 0 aliphatic carbocycles. The molecule has 0 saturated heterocycles. The minimum atomic E-state index is -0.582. The summed E-state index contributed by atoms with van der Waals surface area (Å²) in [6.45, 7) is 3.91. The summed E-state index contributed by atoms with van der Waals surface area (Å²) in [7, 11) is 0. The van der Waals surface area contributed by atoms with E-state index in [9.17, 15) is 19.7 Å². The molecule has 0 saturated carbocycles. The van der Waals surface area contributed by atoms with Crippen LogP contribution in [0, 0.1) is 10.1 Å². The molecule has 8 nitrogen and oxygen atoms in total. The van der Waals surface area contributed by atoms with Crippen LogP contribution in [0.1, 0.15) is 30.9 Å². The van der Waals surface area contributed by atoms with Crippen molar-refractivity contribution in [2.75, 3.05) is 6.61 Å². The third-order valence-electron chi connectivity index (χ3n) is 3.75. The quantitative estimate of drug-likeness (QED) is 0.434. The number of hydrogen-bond donors (Lipinski definition) is 2. The Morgan fingerprint density at radius 1 is 1.14 bits per heavy atom. The summed E-state index contributed by atoms with van der Waals surface area (Å²) >= 11 is 0. The number of non-ortho nitro benzene ring substituents is 1. The highest BCUT2D eigenvalue weighted by atomic mass is 16.6. The molecule has 0 fully saturated rings. The second kappa shape index (κ2) is 9.86. The van der Waals surface area contributed by atoms with Crippen molar-refractivity contribution in [3.05, 3.63) is 75.8 Å². The van der Waals surface area contributed by atoms with Gasteiger partial charge < -0.3 is 4.74 Å². The van der Waals surface area contributed by atoms with Gasteiger partial charge in [0.2, 0.25) is 0 Å². The lowest BCUT2D eigenvalue weighted by Crippen LogP contribution is -2.43. The van der Waals surface area contributed by atoms with E-state index in [0.717, 1.165) is 6.08 Å². The van der Waals surface area contributed by atoms with Gasteiger partial charge in [0.15, 0.2) is 6.61 Å². The van der Waals surface area contributed by atoms with Gasteiger partial charge in [0.05, 0.1) is 4.92 Å². The molecule has 0 unspecified atom stereocenters. The van der Waals surface area contributed by atoms with Crippen molar-refractivity contribution in [1.29, 1.82) is 0 Å². The normalized spacial score (nSPS) is 10.7. The van der Waals surface area contributed by atoms with Crippen LogP contribution < -0.4 is 15.6 Å². The van der Waals surface area contributed by atoms with E-state index in [1.54, 1.807) is 18.2 Å². The third-order valence-corrected chi connectivity index (χ3v) is 3.75. The summed E-state index contributed by atoms with van der Waals surface area (Å²) in [6.07, 6.45) is 2.56. The SMILES string of the molecule is CC(C)c1ccc(OCC(=O)NNC(=O)/C=C/c2cccc([N+](=O)[O-])c2)cc1. The highest BCUT2D eigenvalue weighted by Gasteiger charge is 2.06. The average molecular weight is 383 g/mol. The van der Waals surface area contributed by atoms with Crippen molar-refractivity contribution in [3.63, 3.8) is 0 Å². The van der Waals surface area contributed by atoms with Crippen molar-refractivity contribution in [1.82, 2.24) is 10.9 Å². The van der Waals surface area contributed by atoms with Crippen LogP contribution in [0.4, 0.5) is 5.69 Å². The van der Waals surface area contributed by atoms with Gasteiger partial charge in [-0.05, 0) is 35.3 Å². The van der Waals surface area contributed by atoms with Gasteiger partial charge >= 0.3 is 0 Å². The van der Waals surface area contributed by atoms with Crippen molar-refractivity contribution < 1.29 is 19.2 Å². The van der Waals surface area contributed by atoms with Gasteiger partial charge in [-0.2, -0.15) is 0 Å². The minimum Gasteiger partial charge on any atom is -0.484 e. The Labute approximate surface area is 162 Å². The van der Waals surface area contributed by atoms with E-state index in [0.29, 0.717) is 17.2 Å². The molecule has 0 bridgehead atoms. The van der Waals surface area contributed by atoms with Gasteiger partial charge in [-0.25, -0.2) is 0 Å². The summed E-state index contributed by atoms with van der Waals surface area (Å²) in [5, 5.41) is 10.7. The number of rotatable bonds is 7. The van der Waals surface area contributed by atoms with Crippen LogP contribution in [0.3, 0.4) is 0 Å². The molecular weight excluding hydrogens is 362 g/mol. The summed E-state index contributed by atoms with van der Waals surface area (Å²) < 4.78 is 5.35. The van der Waals surface area contributed by atoms with E-state index in [1.165, 1.54) is 29.8 Å². The number of nitrogens with one attached hydrogen (secondary N) is 2. The van der Waals surface area contributed by atoms with Crippen molar-refractivity contribution in [3.8, 4) is 5.75 Å². The Bertz CT molecular complexity index is 876. The maximum absolute atomic E-state index is 11.7. The lowest BCUT2D eigenvalue weighted by Gasteiger charge is -2.09. The molecule has 28 heavy (non-hydrogen) atoms. The predicted molar refractivity (Wildman–Crippen MR) is 104 cm³/mol. The molecule has 0 spiro atoms. The van der Waals surface area contributed by atoms with E-state index in [2.05, 4.69) is 24.7 Å². The molecule has 8 heteroatoms. The molecule has 146 valence electrons. The van der Waals surface area contributed by atoms with Gasteiger partial charge in [-0.1, -0.05) is 38.1 Å². The fraction of sp³-hybridized carbons (Fsp3) is 0.200. The zero-order valence-corrected chi connectivity index (χ0v) is 15.5. The molecule has 2 aromatic carbocycles. The summed E-state index contributed by atoms with van der Waals surface area (Å²) in [4.78, 5) is 33.7. The molecule has 2 N–H and O–H groups in total. The monoisotopic (exact) mass is 383 g/mol. The summed E-state index contributed by atoms with van der Waals surface area (Å²) in [5.74, 6) is -0.148. The Morgan fingerprint density at radius 2 is 1.86 bits per heavy atom. The fourth-order valence-electron chi connectivity index (χ4n) is 2.22. The van der Waals surface area contributed by atoms with E-state index in [-0.39, 0.29) is 12.3 Å². The standard InChI is InChI=1S/C20H21N3O5/c1-14(2)16-7-9-18(10-8-16)28-13-20(25)22-21-19(24)11-6-15-4-3-5-17(12-15)23(26)27/h3-12,14H,13H2,1-2H3,(H,21,24)(H,22,25)/b11-6+. The van der Waals surface area contributed by atoms with Gasteiger partial charge in [-0.3, -0.25) is 30.6 Å². The number of hydrazine groups is 1. The van der Waals surface area contributed by atoms with Crippen molar-refractivity contribution >= 4 is 23.6 Å². The van der Waals surface area contributed by atoms with Crippen LogP contribution in [0.15, 0.2) is 54.6 Å². The second-order valence-electron chi connectivity index (χ2n) is 6.24. The van der Waals surface area contributed by atoms with Crippen LogP contribution in [0.25, 0.3) is 6.08 Å².